The van der Waals surface area contributed by atoms with Crippen LogP contribution in [-0.4, -0.2) is 11.9 Å². The van der Waals surface area contributed by atoms with Crippen LogP contribution in [0.5, 0.6) is 0 Å². The zero-order valence-corrected chi connectivity index (χ0v) is 8.98. The van der Waals surface area contributed by atoms with Crippen molar-refractivity contribution in [2.24, 2.45) is 0 Å². The van der Waals surface area contributed by atoms with E-state index < -0.39 is 0 Å². The van der Waals surface area contributed by atoms with Gasteiger partial charge < -0.3 is 9.47 Å². The molecular formula is C13H16O2. The highest BCUT2D eigenvalue weighted by atomic mass is 16.8. The van der Waals surface area contributed by atoms with Crippen LogP contribution in [0.15, 0.2) is 30.3 Å². The van der Waals surface area contributed by atoms with Crippen LogP contribution in [0.1, 0.15) is 37.9 Å². The van der Waals surface area contributed by atoms with Crippen LogP contribution in [0.2, 0.25) is 0 Å². The highest BCUT2D eigenvalue weighted by Gasteiger charge is 2.47. The molecule has 2 heteroatoms. The van der Waals surface area contributed by atoms with E-state index in [2.05, 4.69) is 31.2 Å². The average Bonchev–Trinajstić information content (AvgIpc) is 2.50. The summed E-state index contributed by atoms with van der Waals surface area (Å²) in [5.74, 6) is -0.330. The Hall–Kier alpha value is -0.860. The van der Waals surface area contributed by atoms with E-state index in [0.29, 0.717) is 0 Å². The summed E-state index contributed by atoms with van der Waals surface area (Å²) in [4.78, 5) is 0. The predicted molar refractivity (Wildman–Crippen MR) is 57.4 cm³/mol. The third-order valence-corrected chi connectivity index (χ3v) is 3.36. The Bertz CT molecular complexity index is 349. The molecule has 0 saturated carbocycles. The fraction of sp³-hybridized carbons (Fsp3) is 0.538. The van der Waals surface area contributed by atoms with Crippen molar-refractivity contribution in [3.05, 3.63) is 35.9 Å². The molecule has 1 aromatic carbocycles. The standard InChI is InChI=1S/C13H16O2/c1-13-9-5-8-11(14-13)12(15-13)10-6-3-2-4-7-10/h2-4,6-7,11-12H,5,8-9H2,1H3/t11-,12-,13-/m1/s1. The molecule has 0 spiro atoms. The lowest BCUT2D eigenvalue weighted by atomic mass is 9.99. The zero-order chi connectivity index (χ0) is 10.3. The van der Waals surface area contributed by atoms with Crippen molar-refractivity contribution in [1.82, 2.24) is 0 Å². The largest absolute Gasteiger partial charge is 0.344 e. The summed E-state index contributed by atoms with van der Waals surface area (Å²) in [6.07, 6.45) is 3.75. The molecule has 0 aliphatic carbocycles. The second-order valence-corrected chi connectivity index (χ2v) is 4.63. The Kier molecular flexibility index (Phi) is 2.08. The van der Waals surface area contributed by atoms with Crippen LogP contribution >= 0.6 is 0 Å². The first-order chi connectivity index (χ1) is 7.27. The normalized spacial score (nSPS) is 39.3. The number of ether oxygens (including phenoxy) is 2. The van der Waals surface area contributed by atoms with Crippen molar-refractivity contribution in [2.45, 2.75) is 44.2 Å². The fourth-order valence-electron chi connectivity index (χ4n) is 2.63. The lowest BCUT2D eigenvalue weighted by Crippen LogP contribution is -2.30. The minimum absolute atomic E-state index is 0.138. The van der Waals surface area contributed by atoms with E-state index in [1.165, 1.54) is 12.0 Å². The molecule has 2 saturated heterocycles. The molecule has 15 heavy (non-hydrogen) atoms. The monoisotopic (exact) mass is 204 g/mol. The fourth-order valence-corrected chi connectivity index (χ4v) is 2.63. The van der Waals surface area contributed by atoms with Crippen molar-refractivity contribution >= 4 is 0 Å². The number of rotatable bonds is 1. The maximum absolute atomic E-state index is 6.04. The summed E-state index contributed by atoms with van der Waals surface area (Å²) in [6.45, 7) is 2.06. The first kappa shape index (κ1) is 9.37. The Morgan fingerprint density at radius 1 is 1.20 bits per heavy atom. The van der Waals surface area contributed by atoms with Crippen molar-refractivity contribution < 1.29 is 9.47 Å². The summed E-state index contributed by atoms with van der Waals surface area (Å²) >= 11 is 0. The Morgan fingerprint density at radius 2 is 2.00 bits per heavy atom. The molecule has 3 atom stereocenters. The topological polar surface area (TPSA) is 18.5 Å². The molecule has 0 amide bonds. The van der Waals surface area contributed by atoms with E-state index >= 15 is 0 Å². The third-order valence-electron chi connectivity index (χ3n) is 3.36. The molecule has 2 fully saturated rings. The van der Waals surface area contributed by atoms with Crippen LogP contribution in [0.4, 0.5) is 0 Å². The Labute approximate surface area is 90.2 Å². The van der Waals surface area contributed by atoms with Crippen molar-refractivity contribution in [3.8, 4) is 0 Å². The number of benzene rings is 1. The molecule has 2 nitrogen and oxygen atoms in total. The number of fused-ring (bicyclic) bond motifs is 2. The van der Waals surface area contributed by atoms with Gasteiger partial charge in [0.15, 0.2) is 5.79 Å². The molecule has 1 aromatic rings. The highest BCUT2D eigenvalue weighted by molar-refractivity contribution is 5.20. The first-order valence-corrected chi connectivity index (χ1v) is 5.67. The average molecular weight is 204 g/mol. The van der Waals surface area contributed by atoms with Gasteiger partial charge in [0, 0.05) is 6.42 Å². The van der Waals surface area contributed by atoms with Crippen LogP contribution in [0.25, 0.3) is 0 Å². The van der Waals surface area contributed by atoms with Gasteiger partial charge in [0.05, 0.1) is 6.10 Å². The maximum Gasteiger partial charge on any atom is 0.167 e. The van der Waals surface area contributed by atoms with E-state index in [4.69, 9.17) is 9.47 Å². The molecule has 3 rings (SSSR count). The zero-order valence-electron chi connectivity index (χ0n) is 8.98. The van der Waals surface area contributed by atoms with Gasteiger partial charge in [-0.05, 0) is 25.3 Å². The van der Waals surface area contributed by atoms with Crippen LogP contribution in [-0.2, 0) is 9.47 Å². The smallest absolute Gasteiger partial charge is 0.167 e. The molecule has 0 aromatic heterocycles. The Balaban J connectivity index is 1.90. The summed E-state index contributed by atoms with van der Waals surface area (Å²) in [5, 5.41) is 0. The van der Waals surface area contributed by atoms with Gasteiger partial charge in [-0.1, -0.05) is 30.3 Å². The van der Waals surface area contributed by atoms with Gasteiger partial charge in [-0.2, -0.15) is 0 Å². The van der Waals surface area contributed by atoms with Gasteiger partial charge >= 0.3 is 0 Å². The summed E-state index contributed by atoms with van der Waals surface area (Å²) in [6, 6.07) is 10.4. The predicted octanol–water partition coefficient (Wildman–Crippen LogP) is 3.04. The summed E-state index contributed by atoms with van der Waals surface area (Å²) < 4.78 is 12.0. The molecule has 0 N–H and O–H groups in total. The van der Waals surface area contributed by atoms with Gasteiger partial charge in [0.25, 0.3) is 0 Å². The van der Waals surface area contributed by atoms with Gasteiger partial charge in [-0.15, -0.1) is 0 Å². The van der Waals surface area contributed by atoms with E-state index in [-0.39, 0.29) is 18.0 Å². The lowest BCUT2D eigenvalue weighted by molar-refractivity contribution is -0.179. The van der Waals surface area contributed by atoms with Gasteiger partial charge in [-0.3, -0.25) is 0 Å². The van der Waals surface area contributed by atoms with E-state index in [1.807, 2.05) is 6.07 Å². The molecule has 0 unspecified atom stereocenters. The third kappa shape index (κ3) is 1.58. The molecule has 2 aliphatic heterocycles. The Morgan fingerprint density at radius 3 is 2.73 bits per heavy atom. The van der Waals surface area contributed by atoms with E-state index in [0.717, 1.165) is 12.8 Å². The van der Waals surface area contributed by atoms with Gasteiger partial charge in [-0.25, -0.2) is 0 Å². The van der Waals surface area contributed by atoms with E-state index in [1.54, 1.807) is 0 Å². The second-order valence-electron chi connectivity index (χ2n) is 4.63. The van der Waals surface area contributed by atoms with Crippen molar-refractivity contribution in [3.63, 3.8) is 0 Å². The second kappa shape index (κ2) is 3.32. The van der Waals surface area contributed by atoms with Crippen LogP contribution < -0.4 is 0 Å². The molecule has 2 aliphatic rings. The molecule has 2 heterocycles. The molecule has 80 valence electrons. The minimum Gasteiger partial charge on any atom is -0.344 e. The van der Waals surface area contributed by atoms with Gasteiger partial charge in [0.2, 0.25) is 0 Å². The maximum atomic E-state index is 6.04. The van der Waals surface area contributed by atoms with E-state index in [9.17, 15) is 0 Å². The highest BCUT2D eigenvalue weighted by Crippen LogP contribution is 2.46. The number of hydrogen-bond acceptors (Lipinski definition) is 2. The SMILES string of the molecule is C[C@@]12CCC[C@@H](O1)[C@@H](c1ccccc1)O2. The molecular weight excluding hydrogens is 188 g/mol. The lowest BCUT2D eigenvalue weighted by Gasteiger charge is -2.26. The first-order valence-electron chi connectivity index (χ1n) is 5.67. The van der Waals surface area contributed by atoms with Crippen LogP contribution in [0, 0.1) is 0 Å². The van der Waals surface area contributed by atoms with Gasteiger partial charge in [0.1, 0.15) is 6.10 Å². The van der Waals surface area contributed by atoms with Crippen molar-refractivity contribution in [1.29, 1.82) is 0 Å². The van der Waals surface area contributed by atoms with Crippen molar-refractivity contribution in [2.75, 3.05) is 0 Å². The summed E-state index contributed by atoms with van der Waals surface area (Å²) in [7, 11) is 0. The number of hydrogen-bond donors (Lipinski definition) is 0. The minimum atomic E-state index is -0.330. The quantitative estimate of drug-likeness (QED) is 0.700. The molecule has 2 bridgehead atoms. The summed E-state index contributed by atoms with van der Waals surface area (Å²) in [5.41, 5.74) is 1.24. The molecule has 0 radical (unpaired) electrons. The van der Waals surface area contributed by atoms with Crippen LogP contribution in [0.3, 0.4) is 0 Å².